The molecule has 22 heavy (non-hydrogen) atoms. The van der Waals surface area contributed by atoms with E-state index in [9.17, 15) is 9.59 Å². The standard InChI is InChI=1S/C17H17NO4/c1-21-13-6-7-14(16(9-13)22-2)15-8-3-11(10-19)17(20)18(15)12-4-5-12/h3,6-10,12H,4-5H2,1-2H3. The third kappa shape index (κ3) is 2.39. The zero-order chi connectivity index (χ0) is 15.7. The van der Waals surface area contributed by atoms with Crippen molar-refractivity contribution >= 4 is 6.29 Å². The summed E-state index contributed by atoms with van der Waals surface area (Å²) in [6, 6.07) is 9.00. The van der Waals surface area contributed by atoms with Gasteiger partial charge in [-0.25, -0.2) is 0 Å². The van der Waals surface area contributed by atoms with Gasteiger partial charge in [0.2, 0.25) is 0 Å². The Morgan fingerprint density at radius 3 is 2.50 bits per heavy atom. The minimum absolute atomic E-state index is 0.161. The summed E-state index contributed by atoms with van der Waals surface area (Å²) in [5.41, 5.74) is 1.51. The Morgan fingerprint density at radius 1 is 1.14 bits per heavy atom. The Hall–Kier alpha value is -2.56. The van der Waals surface area contributed by atoms with E-state index in [1.165, 1.54) is 0 Å². The van der Waals surface area contributed by atoms with Crippen LogP contribution in [0.25, 0.3) is 11.3 Å². The number of carbonyl (C=O) groups is 1. The molecule has 3 rings (SSSR count). The Labute approximate surface area is 128 Å². The zero-order valence-electron chi connectivity index (χ0n) is 12.5. The molecule has 1 fully saturated rings. The summed E-state index contributed by atoms with van der Waals surface area (Å²) in [4.78, 5) is 23.5. The second kappa shape index (κ2) is 5.67. The third-order valence-corrected chi connectivity index (χ3v) is 3.87. The average Bonchev–Trinajstić information content (AvgIpc) is 3.38. The van der Waals surface area contributed by atoms with Crippen molar-refractivity contribution in [1.29, 1.82) is 0 Å². The van der Waals surface area contributed by atoms with Crippen LogP contribution in [0.4, 0.5) is 0 Å². The second-order valence-electron chi connectivity index (χ2n) is 5.26. The van der Waals surface area contributed by atoms with E-state index in [0.717, 1.165) is 24.1 Å². The van der Waals surface area contributed by atoms with Crippen molar-refractivity contribution in [2.24, 2.45) is 0 Å². The maximum absolute atomic E-state index is 12.5. The molecule has 1 saturated carbocycles. The van der Waals surface area contributed by atoms with Gasteiger partial charge in [0.1, 0.15) is 11.5 Å². The van der Waals surface area contributed by atoms with Gasteiger partial charge < -0.3 is 14.0 Å². The lowest BCUT2D eigenvalue weighted by Crippen LogP contribution is -2.24. The summed E-state index contributed by atoms with van der Waals surface area (Å²) in [6.07, 6.45) is 2.51. The summed E-state index contributed by atoms with van der Waals surface area (Å²) in [5, 5.41) is 0. The molecular weight excluding hydrogens is 282 g/mol. The predicted molar refractivity (Wildman–Crippen MR) is 82.9 cm³/mol. The first-order valence-corrected chi connectivity index (χ1v) is 7.12. The largest absolute Gasteiger partial charge is 0.497 e. The summed E-state index contributed by atoms with van der Waals surface area (Å²) in [6.45, 7) is 0. The van der Waals surface area contributed by atoms with Crippen LogP contribution in [0.5, 0.6) is 11.5 Å². The number of aldehydes is 1. The van der Waals surface area contributed by atoms with Crippen LogP contribution in [-0.4, -0.2) is 25.1 Å². The van der Waals surface area contributed by atoms with Crippen LogP contribution >= 0.6 is 0 Å². The van der Waals surface area contributed by atoms with Crippen molar-refractivity contribution in [3.8, 4) is 22.8 Å². The van der Waals surface area contributed by atoms with Gasteiger partial charge in [-0.05, 0) is 37.1 Å². The highest BCUT2D eigenvalue weighted by molar-refractivity contribution is 5.76. The number of ether oxygens (including phenoxy) is 2. The third-order valence-electron chi connectivity index (χ3n) is 3.87. The summed E-state index contributed by atoms with van der Waals surface area (Å²) < 4.78 is 12.3. The molecule has 0 atom stereocenters. The average molecular weight is 299 g/mol. The number of rotatable bonds is 5. The minimum Gasteiger partial charge on any atom is -0.497 e. The Morgan fingerprint density at radius 2 is 1.91 bits per heavy atom. The molecule has 0 amide bonds. The number of methoxy groups -OCH3 is 2. The lowest BCUT2D eigenvalue weighted by molar-refractivity contribution is 0.112. The van der Waals surface area contributed by atoms with Crippen molar-refractivity contribution in [3.05, 3.63) is 46.2 Å². The van der Waals surface area contributed by atoms with Gasteiger partial charge in [-0.15, -0.1) is 0 Å². The topological polar surface area (TPSA) is 57.5 Å². The van der Waals surface area contributed by atoms with Crippen molar-refractivity contribution in [2.45, 2.75) is 18.9 Å². The number of hydrogen-bond donors (Lipinski definition) is 0. The monoisotopic (exact) mass is 299 g/mol. The zero-order valence-corrected chi connectivity index (χ0v) is 12.5. The van der Waals surface area contributed by atoms with Crippen molar-refractivity contribution in [2.75, 3.05) is 14.2 Å². The number of aromatic nitrogens is 1. The highest BCUT2D eigenvalue weighted by Crippen LogP contribution is 2.40. The first-order chi connectivity index (χ1) is 10.7. The maximum Gasteiger partial charge on any atom is 0.261 e. The Kier molecular flexibility index (Phi) is 3.71. The predicted octanol–water partition coefficient (Wildman–Crippen LogP) is 2.68. The first-order valence-electron chi connectivity index (χ1n) is 7.12. The number of pyridine rings is 1. The molecule has 0 saturated heterocycles. The van der Waals surface area contributed by atoms with E-state index in [1.54, 1.807) is 37.0 Å². The number of benzene rings is 1. The number of carbonyl (C=O) groups excluding carboxylic acids is 1. The van der Waals surface area contributed by atoms with E-state index >= 15 is 0 Å². The van der Waals surface area contributed by atoms with E-state index in [2.05, 4.69) is 0 Å². The van der Waals surface area contributed by atoms with E-state index < -0.39 is 0 Å². The molecule has 114 valence electrons. The first kappa shape index (κ1) is 14.4. The highest BCUT2D eigenvalue weighted by atomic mass is 16.5. The summed E-state index contributed by atoms with van der Waals surface area (Å²) >= 11 is 0. The van der Waals surface area contributed by atoms with Crippen LogP contribution in [-0.2, 0) is 0 Å². The Balaban J connectivity index is 2.22. The highest BCUT2D eigenvalue weighted by Gasteiger charge is 2.28. The van der Waals surface area contributed by atoms with Gasteiger partial charge in [0.05, 0.1) is 25.5 Å². The molecule has 0 aliphatic heterocycles. The summed E-state index contributed by atoms with van der Waals surface area (Å²) in [7, 11) is 3.17. The molecule has 2 aromatic rings. The normalized spacial score (nSPS) is 13.7. The molecule has 1 heterocycles. The van der Waals surface area contributed by atoms with Gasteiger partial charge in [-0.1, -0.05) is 0 Å². The van der Waals surface area contributed by atoms with Gasteiger partial charge in [0.15, 0.2) is 6.29 Å². The van der Waals surface area contributed by atoms with Crippen LogP contribution in [0, 0.1) is 0 Å². The fraction of sp³-hybridized carbons (Fsp3) is 0.294. The molecule has 0 spiro atoms. The fourth-order valence-electron chi connectivity index (χ4n) is 2.58. The molecular formula is C17H17NO4. The molecule has 5 nitrogen and oxygen atoms in total. The van der Waals surface area contributed by atoms with E-state index in [1.807, 2.05) is 12.1 Å². The quantitative estimate of drug-likeness (QED) is 0.796. The van der Waals surface area contributed by atoms with E-state index in [0.29, 0.717) is 17.8 Å². The van der Waals surface area contributed by atoms with Crippen LogP contribution in [0.15, 0.2) is 35.1 Å². The fourth-order valence-corrected chi connectivity index (χ4v) is 2.58. The molecule has 0 radical (unpaired) electrons. The molecule has 5 heteroatoms. The van der Waals surface area contributed by atoms with Crippen LogP contribution in [0.3, 0.4) is 0 Å². The van der Waals surface area contributed by atoms with Crippen molar-refractivity contribution < 1.29 is 14.3 Å². The minimum atomic E-state index is -0.243. The second-order valence-corrected chi connectivity index (χ2v) is 5.26. The molecule has 1 aliphatic rings. The van der Waals surface area contributed by atoms with E-state index in [4.69, 9.17) is 9.47 Å². The van der Waals surface area contributed by atoms with Crippen LogP contribution < -0.4 is 15.0 Å². The smallest absolute Gasteiger partial charge is 0.261 e. The Bertz CT molecular complexity index is 775. The van der Waals surface area contributed by atoms with Gasteiger partial charge in [0.25, 0.3) is 5.56 Å². The van der Waals surface area contributed by atoms with Crippen molar-refractivity contribution in [3.63, 3.8) is 0 Å². The lowest BCUT2D eigenvalue weighted by Gasteiger charge is -2.16. The van der Waals surface area contributed by atoms with Gasteiger partial charge in [-0.2, -0.15) is 0 Å². The molecule has 0 bridgehead atoms. The van der Waals surface area contributed by atoms with Crippen molar-refractivity contribution in [1.82, 2.24) is 4.57 Å². The summed E-state index contributed by atoms with van der Waals surface area (Å²) in [5.74, 6) is 1.32. The lowest BCUT2D eigenvalue weighted by atomic mass is 10.1. The molecule has 1 aromatic heterocycles. The molecule has 1 aliphatic carbocycles. The van der Waals surface area contributed by atoms with Crippen LogP contribution in [0.2, 0.25) is 0 Å². The van der Waals surface area contributed by atoms with E-state index in [-0.39, 0.29) is 17.2 Å². The number of nitrogens with zero attached hydrogens (tertiary/aromatic N) is 1. The van der Waals surface area contributed by atoms with Crippen LogP contribution in [0.1, 0.15) is 29.2 Å². The van der Waals surface area contributed by atoms with Gasteiger partial charge >= 0.3 is 0 Å². The molecule has 0 unspecified atom stereocenters. The maximum atomic E-state index is 12.5. The SMILES string of the molecule is COc1ccc(-c2ccc(C=O)c(=O)n2C2CC2)c(OC)c1. The molecule has 0 N–H and O–H groups in total. The molecule has 1 aromatic carbocycles. The number of hydrogen-bond acceptors (Lipinski definition) is 4. The van der Waals surface area contributed by atoms with Gasteiger partial charge in [0, 0.05) is 17.7 Å². The van der Waals surface area contributed by atoms with Gasteiger partial charge in [-0.3, -0.25) is 9.59 Å².